The van der Waals surface area contributed by atoms with Gasteiger partial charge >= 0.3 is 0 Å². The Kier molecular flexibility index (Phi) is 4.92. The number of pyridine rings is 1. The number of H-pyrrole nitrogens is 1. The number of aromatic nitrogens is 2. The van der Waals surface area contributed by atoms with Gasteiger partial charge in [-0.15, -0.1) is 0 Å². The number of carbonyl (C=O) groups excluding carboxylic acids is 2. The molecule has 1 fully saturated rings. The van der Waals surface area contributed by atoms with E-state index in [9.17, 15) is 9.59 Å². The van der Waals surface area contributed by atoms with Crippen LogP contribution in [0.4, 0.5) is 5.69 Å². The molecule has 0 spiro atoms. The van der Waals surface area contributed by atoms with E-state index < -0.39 is 5.91 Å². The lowest BCUT2D eigenvalue weighted by Crippen LogP contribution is -2.27. The molecular weight excluding hydrogens is 412 g/mol. The zero-order valence-electron chi connectivity index (χ0n) is 16.4. The summed E-state index contributed by atoms with van der Waals surface area (Å²) < 4.78 is 0. The van der Waals surface area contributed by atoms with Crippen LogP contribution in [0.25, 0.3) is 11.0 Å². The number of fused-ring (bicyclic) bond motifs is 1. The van der Waals surface area contributed by atoms with Crippen molar-refractivity contribution in [3.8, 4) is 0 Å². The smallest absolute Gasteiger partial charge is 0.257 e. The summed E-state index contributed by atoms with van der Waals surface area (Å²) in [5.41, 5.74) is 3.14. The molecule has 5 rings (SSSR count). The Bertz CT molecular complexity index is 1290. The van der Waals surface area contributed by atoms with Gasteiger partial charge in [-0.1, -0.05) is 41.9 Å². The predicted octanol–water partition coefficient (Wildman–Crippen LogP) is 4.75. The third kappa shape index (κ3) is 4.02. The minimum Gasteiger partial charge on any atom is -0.349 e. The van der Waals surface area contributed by atoms with Crippen LogP contribution < -0.4 is 10.6 Å². The highest BCUT2D eigenvalue weighted by molar-refractivity contribution is 6.34. The second-order valence-corrected chi connectivity index (χ2v) is 8.03. The summed E-state index contributed by atoms with van der Waals surface area (Å²) in [6, 6.07) is 18.6. The first-order valence-corrected chi connectivity index (χ1v) is 10.4. The second-order valence-electron chi connectivity index (χ2n) is 7.62. The monoisotopic (exact) mass is 430 g/mol. The van der Waals surface area contributed by atoms with Crippen molar-refractivity contribution in [2.75, 3.05) is 5.32 Å². The summed E-state index contributed by atoms with van der Waals surface area (Å²) in [5.74, 6) is -0.287. The molecule has 0 bridgehead atoms. The maximum atomic E-state index is 12.8. The second kappa shape index (κ2) is 7.89. The molecule has 31 heavy (non-hydrogen) atoms. The maximum Gasteiger partial charge on any atom is 0.257 e. The van der Waals surface area contributed by atoms with E-state index in [1.54, 1.807) is 24.5 Å². The molecule has 4 aromatic rings. The Morgan fingerprint density at radius 2 is 1.87 bits per heavy atom. The highest BCUT2D eigenvalue weighted by Gasteiger charge is 2.39. The number of benzene rings is 2. The highest BCUT2D eigenvalue weighted by atomic mass is 35.5. The van der Waals surface area contributed by atoms with Crippen molar-refractivity contribution in [1.29, 1.82) is 0 Å². The van der Waals surface area contributed by atoms with E-state index >= 15 is 0 Å². The van der Waals surface area contributed by atoms with Crippen LogP contribution in [0.1, 0.15) is 38.6 Å². The van der Waals surface area contributed by atoms with E-state index in [-0.39, 0.29) is 22.5 Å². The first-order valence-electron chi connectivity index (χ1n) is 9.98. The van der Waals surface area contributed by atoms with E-state index in [1.807, 2.05) is 30.3 Å². The fourth-order valence-electron chi connectivity index (χ4n) is 3.72. The van der Waals surface area contributed by atoms with Crippen molar-refractivity contribution in [1.82, 2.24) is 15.3 Å². The average molecular weight is 431 g/mol. The Labute approximate surface area is 183 Å². The zero-order valence-corrected chi connectivity index (χ0v) is 17.2. The molecule has 1 saturated carbocycles. The van der Waals surface area contributed by atoms with Crippen molar-refractivity contribution in [3.63, 3.8) is 0 Å². The molecule has 0 saturated heterocycles. The fourth-order valence-corrected chi connectivity index (χ4v) is 3.93. The quantitative estimate of drug-likeness (QED) is 0.427. The molecule has 2 heterocycles. The third-order valence-electron chi connectivity index (χ3n) is 5.47. The molecule has 6 nitrogen and oxygen atoms in total. The lowest BCUT2D eigenvalue weighted by atomic mass is 10.1. The average Bonchev–Trinajstić information content (AvgIpc) is 3.39. The summed E-state index contributed by atoms with van der Waals surface area (Å²) >= 11 is 6.25. The summed E-state index contributed by atoms with van der Waals surface area (Å²) in [4.78, 5) is 32.8. The van der Waals surface area contributed by atoms with Gasteiger partial charge in [-0.3, -0.25) is 9.59 Å². The minimum atomic E-state index is -0.398. The molecule has 2 atom stereocenters. The zero-order chi connectivity index (χ0) is 21.4. The van der Waals surface area contributed by atoms with Gasteiger partial charge in [0.2, 0.25) is 0 Å². The van der Waals surface area contributed by atoms with Gasteiger partial charge in [-0.2, -0.15) is 0 Å². The summed E-state index contributed by atoms with van der Waals surface area (Å²) in [7, 11) is 0. The largest absolute Gasteiger partial charge is 0.349 e. The van der Waals surface area contributed by atoms with E-state index in [1.165, 1.54) is 11.6 Å². The number of hydrogen-bond acceptors (Lipinski definition) is 3. The normalized spacial score (nSPS) is 17.3. The van der Waals surface area contributed by atoms with Gasteiger partial charge in [-0.05, 0) is 42.3 Å². The first-order chi connectivity index (χ1) is 15.1. The molecular formula is C24H19ClN4O2. The summed E-state index contributed by atoms with van der Waals surface area (Å²) in [5, 5.41) is 7.00. The molecule has 1 aliphatic carbocycles. The molecule has 2 amide bonds. The number of nitrogens with zero attached hydrogens (tertiary/aromatic N) is 1. The lowest BCUT2D eigenvalue weighted by molar-refractivity contribution is 0.0950. The number of hydrogen-bond donors (Lipinski definition) is 3. The Morgan fingerprint density at radius 3 is 2.71 bits per heavy atom. The van der Waals surface area contributed by atoms with Crippen LogP contribution in [-0.2, 0) is 0 Å². The van der Waals surface area contributed by atoms with E-state index in [4.69, 9.17) is 11.6 Å². The van der Waals surface area contributed by atoms with Crippen LogP contribution in [0.15, 0.2) is 73.1 Å². The van der Waals surface area contributed by atoms with Crippen LogP contribution in [0, 0.1) is 0 Å². The summed E-state index contributed by atoms with van der Waals surface area (Å²) in [6.45, 7) is 0. The van der Waals surface area contributed by atoms with Gasteiger partial charge in [0.15, 0.2) is 0 Å². The number of aromatic amines is 1. The molecule has 3 N–H and O–H groups in total. The highest BCUT2D eigenvalue weighted by Crippen LogP contribution is 2.40. The van der Waals surface area contributed by atoms with Crippen molar-refractivity contribution >= 4 is 40.1 Å². The minimum absolute atomic E-state index is 0.0991. The predicted molar refractivity (Wildman–Crippen MR) is 121 cm³/mol. The van der Waals surface area contributed by atoms with Gasteiger partial charge in [0, 0.05) is 29.1 Å². The summed E-state index contributed by atoms with van der Waals surface area (Å²) in [6.07, 6.45) is 4.26. The van der Waals surface area contributed by atoms with Crippen LogP contribution in [-0.4, -0.2) is 27.8 Å². The molecule has 0 unspecified atom stereocenters. The topological polar surface area (TPSA) is 86.9 Å². The van der Waals surface area contributed by atoms with Crippen molar-refractivity contribution in [2.45, 2.75) is 18.4 Å². The molecule has 2 aromatic heterocycles. The number of halogens is 1. The van der Waals surface area contributed by atoms with Gasteiger partial charge in [0.05, 0.1) is 22.5 Å². The van der Waals surface area contributed by atoms with Gasteiger partial charge in [0.25, 0.3) is 11.8 Å². The van der Waals surface area contributed by atoms with Gasteiger partial charge in [-0.25, -0.2) is 4.98 Å². The van der Waals surface area contributed by atoms with Crippen LogP contribution in [0.5, 0.6) is 0 Å². The fraction of sp³-hybridized carbons (Fsp3) is 0.125. The Balaban J connectivity index is 1.29. The third-order valence-corrected chi connectivity index (χ3v) is 5.80. The molecule has 0 radical (unpaired) electrons. The standard InChI is InChI=1S/C24H19ClN4O2/c25-20-7-6-16(23(30)29-21-12-18(21)14-4-2-1-3-5-14)11-19(20)24(31)28-17-10-15-8-9-26-22(15)27-13-17/h1-11,13,18,21H,12H2,(H,26,27)(H,28,31)(H,29,30)/t18-,21-/m1/s1. The molecule has 7 heteroatoms. The Morgan fingerprint density at radius 1 is 1.03 bits per heavy atom. The molecule has 0 aliphatic heterocycles. The van der Waals surface area contributed by atoms with E-state index in [0.717, 1.165) is 17.5 Å². The Hall–Kier alpha value is -3.64. The number of nitrogens with one attached hydrogen (secondary N) is 3. The number of rotatable bonds is 5. The van der Waals surface area contributed by atoms with Crippen LogP contribution in [0.3, 0.4) is 0 Å². The molecule has 154 valence electrons. The maximum absolute atomic E-state index is 12.8. The number of amides is 2. The number of anilines is 1. The molecule has 2 aromatic carbocycles. The van der Waals surface area contributed by atoms with E-state index in [0.29, 0.717) is 17.2 Å². The van der Waals surface area contributed by atoms with Crippen molar-refractivity contribution < 1.29 is 9.59 Å². The lowest BCUT2D eigenvalue weighted by Gasteiger charge is -2.10. The SMILES string of the molecule is O=C(N[C@@H]1C[C@@H]1c1ccccc1)c1ccc(Cl)c(C(=O)Nc2cnc3[nH]ccc3c2)c1. The number of carbonyl (C=O) groups is 2. The van der Waals surface area contributed by atoms with Gasteiger partial charge in [0.1, 0.15) is 5.65 Å². The van der Waals surface area contributed by atoms with Gasteiger partial charge < -0.3 is 15.6 Å². The molecule has 1 aliphatic rings. The first kappa shape index (κ1) is 19.3. The van der Waals surface area contributed by atoms with Crippen LogP contribution >= 0.6 is 11.6 Å². The van der Waals surface area contributed by atoms with Crippen LogP contribution in [0.2, 0.25) is 5.02 Å². The van der Waals surface area contributed by atoms with Crippen molar-refractivity contribution in [2.24, 2.45) is 0 Å². The van der Waals surface area contributed by atoms with Crippen molar-refractivity contribution in [3.05, 3.63) is 94.8 Å². The van der Waals surface area contributed by atoms with E-state index in [2.05, 4.69) is 32.7 Å².